The van der Waals surface area contributed by atoms with E-state index in [1.165, 1.54) is 12.1 Å². The van der Waals surface area contributed by atoms with Gasteiger partial charge in [0, 0.05) is 18.8 Å². The topological polar surface area (TPSA) is 65.0 Å². The summed E-state index contributed by atoms with van der Waals surface area (Å²) in [4.78, 5) is 12.3. The Bertz CT molecular complexity index is 362. The van der Waals surface area contributed by atoms with Gasteiger partial charge in [0.25, 0.3) is 0 Å². The Balaban J connectivity index is 2.21. The molecule has 1 aromatic rings. The van der Waals surface area contributed by atoms with Gasteiger partial charge >= 0.3 is 0 Å². The zero-order chi connectivity index (χ0) is 10.7. The van der Waals surface area contributed by atoms with Gasteiger partial charge in [0.05, 0.1) is 18.9 Å². The van der Waals surface area contributed by atoms with E-state index in [0.717, 1.165) is 18.8 Å². The highest BCUT2D eigenvalue weighted by Gasteiger charge is 2.11. The van der Waals surface area contributed by atoms with Crippen LogP contribution in [0.15, 0.2) is 23.4 Å². The molecule has 0 aromatic heterocycles. The maximum Gasteiger partial charge on any atom is 0.0998 e. The van der Waals surface area contributed by atoms with Crippen molar-refractivity contribution in [3.63, 3.8) is 0 Å². The molecule has 1 aliphatic rings. The number of morpholine rings is 1. The average molecular weight is 207 g/mol. The largest absolute Gasteiger partial charge is 0.871 e. The summed E-state index contributed by atoms with van der Waals surface area (Å²) in [5.74, 6) is -0.325. The number of nitrogens with zero attached hydrogens (tertiary/aromatic N) is 2. The van der Waals surface area contributed by atoms with Gasteiger partial charge in [-0.15, -0.1) is 4.91 Å². The van der Waals surface area contributed by atoms with Crippen molar-refractivity contribution >= 4 is 11.4 Å². The highest BCUT2D eigenvalue weighted by molar-refractivity contribution is 5.60. The van der Waals surface area contributed by atoms with Crippen molar-refractivity contribution in [2.45, 2.75) is 0 Å². The average Bonchev–Trinajstić information content (AvgIpc) is 2.30. The molecule has 5 heteroatoms. The highest BCUT2D eigenvalue weighted by atomic mass is 16.5. The van der Waals surface area contributed by atoms with Crippen LogP contribution in [0.2, 0.25) is 0 Å². The van der Waals surface area contributed by atoms with Gasteiger partial charge in [-0.2, -0.15) is 0 Å². The van der Waals surface area contributed by atoms with Crippen LogP contribution in [-0.4, -0.2) is 26.3 Å². The van der Waals surface area contributed by atoms with Crippen LogP contribution in [0.4, 0.5) is 11.4 Å². The van der Waals surface area contributed by atoms with Crippen LogP contribution in [0, 0.1) is 4.91 Å². The number of anilines is 1. The van der Waals surface area contributed by atoms with Crippen molar-refractivity contribution in [1.82, 2.24) is 0 Å². The van der Waals surface area contributed by atoms with E-state index in [4.69, 9.17) is 4.74 Å². The Morgan fingerprint density at radius 1 is 1.33 bits per heavy atom. The van der Waals surface area contributed by atoms with Crippen LogP contribution in [0.3, 0.4) is 0 Å². The lowest BCUT2D eigenvalue weighted by Crippen LogP contribution is -2.36. The van der Waals surface area contributed by atoms with Gasteiger partial charge in [0.2, 0.25) is 0 Å². The molecule has 1 aliphatic heterocycles. The molecule has 80 valence electrons. The van der Waals surface area contributed by atoms with E-state index in [1.807, 2.05) is 0 Å². The molecule has 0 amide bonds. The summed E-state index contributed by atoms with van der Waals surface area (Å²) in [7, 11) is 0. The number of benzene rings is 1. The minimum Gasteiger partial charge on any atom is -0.871 e. The molecule has 5 nitrogen and oxygen atoms in total. The predicted octanol–water partition coefficient (Wildman–Crippen LogP) is 0.995. The number of ether oxygens (including phenoxy) is 1. The molecule has 1 heterocycles. The van der Waals surface area contributed by atoms with Crippen molar-refractivity contribution in [2.75, 3.05) is 31.2 Å². The van der Waals surface area contributed by atoms with Crippen LogP contribution in [0.1, 0.15) is 0 Å². The summed E-state index contributed by atoms with van der Waals surface area (Å²) in [6.07, 6.45) is 0. The van der Waals surface area contributed by atoms with E-state index in [9.17, 15) is 10.0 Å². The number of hydrogen-bond donors (Lipinski definition) is 0. The van der Waals surface area contributed by atoms with E-state index in [0.29, 0.717) is 13.2 Å². The quantitative estimate of drug-likeness (QED) is 0.678. The van der Waals surface area contributed by atoms with Crippen molar-refractivity contribution in [3.8, 4) is 5.75 Å². The second-order valence-electron chi connectivity index (χ2n) is 3.34. The molecule has 0 atom stereocenters. The Labute approximate surface area is 87.2 Å². The van der Waals surface area contributed by atoms with Crippen LogP contribution < -0.4 is 10.0 Å². The second-order valence-corrected chi connectivity index (χ2v) is 3.34. The fourth-order valence-corrected chi connectivity index (χ4v) is 1.60. The fraction of sp³-hybridized carbons (Fsp3) is 0.400. The minimum atomic E-state index is -0.325. The smallest absolute Gasteiger partial charge is 0.0998 e. The Hall–Kier alpha value is -1.62. The summed E-state index contributed by atoms with van der Waals surface area (Å²) in [5.41, 5.74) is 0.794. The summed E-state index contributed by atoms with van der Waals surface area (Å²) in [6.45, 7) is 2.88. The SMILES string of the molecule is O=Nc1ccc(N2CCOCC2)cc1[O-]. The summed E-state index contributed by atoms with van der Waals surface area (Å²) >= 11 is 0. The number of hydrogen-bond acceptors (Lipinski definition) is 5. The van der Waals surface area contributed by atoms with E-state index >= 15 is 0 Å². The minimum absolute atomic E-state index is 0.0352. The number of nitroso groups, excluding NO2 is 1. The number of rotatable bonds is 2. The highest BCUT2D eigenvalue weighted by Crippen LogP contribution is 2.28. The summed E-state index contributed by atoms with van der Waals surface area (Å²) in [5, 5.41) is 14.0. The third-order valence-corrected chi connectivity index (χ3v) is 2.42. The normalized spacial score (nSPS) is 16.4. The summed E-state index contributed by atoms with van der Waals surface area (Å²) in [6, 6.07) is 4.64. The maximum atomic E-state index is 11.4. The van der Waals surface area contributed by atoms with Crippen LogP contribution in [0.5, 0.6) is 5.75 Å². The van der Waals surface area contributed by atoms with Crippen molar-refractivity contribution < 1.29 is 9.84 Å². The predicted molar refractivity (Wildman–Crippen MR) is 54.4 cm³/mol. The molecule has 0 unspecified atom stereocenters. The molecular formula is C10H11N2O3-. The molecule has 0 N–H and O–H groups in total. The third-order valence-electron chi connectivity index (χ3n) is 2.42. The molecule has 0 saturated carbocycles. The molecule has 1 aromatic carbocycles. The summed E-state index contributed by atoms with van der Waals surface area (Å²) < 4.78 is 5.21. The van der Waals surface area contributed by atoms with E-state index in [-0.39, 0.29) is 11.4 Å². The fourth-order valence-electron chi connectivity index (χ4n) is 1.60. The first-order valence-corrected chi connectivity index (χ1v) is 4.78. The molecule has 2 rings (SSSR count). The molecule has 0 bridgehead atoms. The van der Waals surface area contributed by atoms with E-state index in [2.05, 4.69) is 10.1 Å². The third kappa shape index (κ3) is 2.07. The van der Waals surface area contributed by atoms with Gasteiger partial charge in [-0.25, -0.2) is 0 Å². The van der Waals surface area contributed by atoms with Crippen molar-refractivity contribution in [2.24, 2.45) is 5.18 Å². The molecule has 0 aliphatic carbocycles. The monoisotopic (exact) mass is 207 g/mol. The Kier molecular flexibility index (Phi) is 2.82. The first-order valence-electron chi connectivity index (χ1n) is 4.78. The molecule has 1 saturated heterocycles. The van der Waals surface area contributed by atoms with Gasteiger partial charge in [-0.1, -0.05) is 5.75 Å². The standard InChI is InChI=1S/C10H12N2O3/c13-10-7-8(1-2-9(10)11-14)12-3-5-15-6-4-12/h1-2,7,13H,3-6H2/p-1. The molecular weight excluding hydrogens is 196 g/mol. The van der Waals surface area contributed by atoms with Gasteiger partial charge in [0.15, 0.2) is 0 Å². The van der Waals surface area contributed by atoms with Gasteiger partial charge < -0.3 is 14.7 Å². The second kappa shape index (κ2) is 4.27. The first-order chi connectivity index (χ1) is 7.31. The van der Waals surface area contributed by atoms with Gasteiger partial charge in [-0.05, 0) is 23.4 Å². The molecule has 0 spiro atoms. The lowest BCUT2D eigenvalue weighted by molar-refractivity contribution is -0.267. The molecule has 1 fully saturated rings. The first kappa shape index (κ1) is 9.92. The van der Waals surface area contributed by atoms with E-state index < -0.39 is 0 Å². The Morgan fingerprint density at radius 2 is 2.07 bits per heavy atom. The van der Waals surface area contributed by atoms with Crippen molar-refractivity contribution in [3.05, 3.63) is 23.1 Å². The van der Waals surface area contributed by atoms with Gasteiger partial charge in [-0.3, -0.25) is 0 Å². The lowest BCUT2D eigenvalue weighted by Gasteiger charge is -2.29. The molecule has 15 heavy (non-hydrogen) atoms. The van der Waals surface area contributed by atoms with E-state index in [1.54, 1.807) is 6.07 Å². The Morgan fingerprint density at radius 3 is 2.67 bits per heavy atom. The van der Waals surface area contributed by atoms with Crippen molar-refractivity contribution in [1.29, 1.82) is 0 Å². The zero-order valence-corrected chi connectivity index (χ0v) is 8.18. The molecule has 0 radical (unpaired) electrons. The van der Waals surface area contributed by atoms with Crippen LogP contribution in [0.25, 0.3) is 0 Å². The lowest BCUT2D eigenvalue weighted by atomic mass is 10.2. The van der Waals surface area contributed by atoms with Crippen LogP contribution >= 0.6 is 0 Å². The zero-order valence-electron chi connectivity index (χ0n) is 8.18. The van der Waals surface area contributed by atoms with Crippen LogP contribution in [-0.2, 0) is 4.74 Å². The van der Waals surface area contributed by atoms with Gasteiger partial charge in [0.1, 0.15) is 0 Å². The maximum absolute atomic E-state index is 11.4.